The molecular formula is C26H26N2O6S. The van der Waals surface area contributed by atoms with Gasteiger partial charge in [0.2, 0.25) is 10.0 Å². The van der Waals surface area contributed by atoms with Crippen molar-refractivity contribution in [3.8, 4) is 5.75 Å². The van der Waals surface area contributed by atoms with Crippen LogP contribution in [-0.2, 0) is 39.1 Å². The van der Waals surface area contributed by atoms with Crippen LogP contribution in [0, 0.1) is 0 Å². The Balaban J connectivity index is 1.36. The zero-order valence-electron chi connectivity index (χ0n) is 19.3. The second kappa shape index (κ2) is 10.7. The number of hydrogen-bond acceptors (Lipinski definition) is 6. The van der Waals surface area contributed by atoms with Gasteiger partial charge in [0.25, 0.3) is 5.91 Å². The van der Waals surface area contributed by atoms with Crippen molar-refractivity contribution in [1.29, 1.82) is 0 Å². The highest BCUT2D eigenvalue weighted by molar-refractivity contribution is 7.89. The summed E-state index contributed by atoms with van der Waals surface area (Å²) < 4.78 is 38.2. The van der Waals surface area contributed by atoms with E-state index in [1.54, 1.807) is 13.2 Å². The molecule has 3 aromatic rings. The van der Waals surface area contributed by atoms with Crippen LogP contribution in [0.5, 0.6) is 5.75 Å². The van der Waals surface area contributed by atoms with Gasteiger partial charge in [-0.3, -0.25) is 4.79 Å². The molecule has 0 radical (unpaired) electrons. The minimum Gasteiger partial charge on any atom is -0.496 e. The predicted molar refractivity (Wildman–Crippen MR) is 129 cm³/mol. The molecular weight excluding hydrogens is 468 g/mol. The van der Waals surface area contributed by atoms with E-state index in [9.17, 15) is 18.0 Å². The fourth-order valence-electron chi connectivity index (χ4n) is 3.92. The Bertz CT molecular complexity index is 1340. The van der Waals surface area contributed by atoms with Crippen molar-refractivity contribution >= 4 is 21.9 Å². The summed E-state index contributed by atoms with van der Waals surface area (Å²) in [5, 5.41) is 2.67. The average Bonchev–Trinajstić information content (AvgIpc) is 2.90. The highest BCUT2D eigenvalue weighted by Gasteiger charge is 2.28. The molecule has 0 bridgehead atoms. The van der Waals surface area contributed by atoms with Crippen LogP contribution < -0.4 is 10.1 Å². The van der Waals surface area contributed by atoms with Gasteiger partial charge < -0.3 is 14.8 Å². The maximum Gasteiger partial charge on any atom is 0.338 e. The molecule has 0 aliphatic carbocycles. The molecule has 3 aromatic carbocycles. The summed E-state index contributed by atoms with van der Waals surface area (Å²) in [6.45, 7) is 0.362. The van der Waals surface area contributed by atoms with Crippen molar-refractivity contribution in [2.75, 3.05) is 20.3 Å². The predicted octanol–water partition coefficient (Wildman–Crippen LogP) is 2.92. The summed E-state index contributed by atoms with van der Waals surface area (Å²) in [6, 6.07) is 20.7. The van der Waals surface area contributed by atoms with Gasteiger partial charge in [-0.2, -0.15) is 4.31 Å². The lowest BCUT2D eigenvalue weighted by Gasteiger charge is -2.28. The fourth-order valence-corrected chi connectivity index (χ4v) is 5.38. The van der Waals surface area contributed by atoms with E-state index < -0.39 is 28.5 Å². The van der Waals surface area contributed by atoms with Gasteiger partial charge in [-0.25, -0.2) is 13.2 Å². The van der Waals surface area contributed by atoms with Crippen molar-refractivity contribution in [2.45, 2.75) is 24.4 Å². The van der Waals surface area contributed by atoms with Crippen LogP contribution in [0.15, 0.2) is 77.7 Å². The van der Waals surface area contributed by atoms with E-state index in [1.807, 2.05) is 42.5 Å². The van der Waals surface area contributed by atoms with Crippen molar-refractivity contribution < 1.29 is 27.5 Å². The minimum absolute atomic E-state index is 0.00644. The summed E-state index contributed by atoms with van der Waals surface area (Å²) in [7, 11) is -2.26. The molecule has 9 heteroatoms. The first-order valence-electron chi connectivity index (χ1n) is 11.1. The third-order valence-electron chi connectivity index (χ3n) is 5.81. The van der Waals surface area contributed by atoms with Gasteiger partial charge in [-0.1, -0.05) is 48.5 Å². The summed E-state index contributed by atoms with van der Waals surface area (Å²) in [6.07, 6.45) is 0.626. The third kappa shape index (κ3) is 5.70. The van der Waals surface area contributed by atoms with Crippen molar-refractivity contribution in [3.63, 3.8) is 0 Å². The molecule has 1 N–H and O–H groups in total. The number of nitrogens with one attached hydrogen (secondary N) is 1. The largest absolute Gasteiger partial charge is 0.496 e. The summed E-state index contributed by atoms with van der Waals surface area (Å²) in [5.74, 6) is -0.626. The lowest BCUT2D eigenvalue weighted by molar-refractivity contribution is -0.124. The number of fused-ring (bicyclic) bond motifs is 1. The quantitative estimate of drug-likeness (QED) is 0.483. The van der Waals surface area contributed by atoms with Gasteiger partial charge >= 0.3 is 5.97 Å². The standard InChI is InChI=1S/C26H26N2O6S/c1-33-24-12-5-4-8-21(24)16-27-25(29)18-34-26(30)20-10-6-11-23(15-20)35(31,32)28-14-13-19-7-2-3-9-22(19)17-28/h2-12,15H,13-14,16-18H2,1H3,(H,27,29). The molecule has 8 nitrogen and oxygen atoms in total. The number of carbonyl (C=O) groups is 2. The Hall–Kier alpha value is -3.69. The van der Waals surface area contributed by atoms with E-state index in [-0.39, 0.29) is 23.5 Å². The van der Waals surface area contributed by atoms with E-state index in [1.165, 1.54) is 28.6 Å². The topological polar surface area (TPSA) is 102 Å². The molecule has 4 rings (SSSR count). The number of para-hydroxylation sites is 1. The van der Waals surface area contributed by atoms with Crippen LogP contribution in [0.3, 0.4) is 0 Å². The van der Waals surface area contributed by atoms with E-state index >= 15 is 0 Å². The molecule has 0 saturated carbocycles. The second-order valence-corrected chi connectivity index (χ2v) is 9.99. The smallest absolute Gasteiger partial charge is 0.338 e. The molecule has 1 amide bonds. The van der Waals surface area contributed by atoms with Crippen molar-refractivity contribution in [2.24, 2.45) is 0 Å². The number of carbonyl (C=O) groups excluding carboxylic acids is 2. The Morgan fingerprint density at radius 3 is 2.51 bits per heavy atom. The number of amides is 1. The maximum absolute atomic E-state index is 13.2. The van der Waals surface area contributed by atoms with Crippen molar-refractivity contribution in [3.05, 3.63) is 95.1 Å². The van der Waals surface area contributed by atoms with E-state index in [0.29, 0.717) is 18.7 Å². The van der Waals surface area contributed by atoms with Gasteiger partial charge in [0.1, 0.15) is 5.75 Å². The number of esters is 1. The lowest BCUT2D eigenvalue weighted by atomic mass is 10.0. The highest BCUT2D eigenvalue weighted by Crippen LogP contribution is 2.25. The molecule has 0 unspecified atom stereocenters. The van der Waals surface area contributed by atoms with Crippen molar-refractivity contribution in [1.82, 2.24) is 9.62 Å². The van der Waals surface area contributed by atoms with Gasteiger partial charge in [0, 0.05) is 25.2 Å². The first kappa shape index (κ1) is 24.4. The minimum atomic E-state index is -3.80. The normalized spacial score (nSPS) is 13.5. The average molecular weight is 495 g/mol. The van der Waals surface area contributed by atoms with Crippen LogP contribution in [0.4, 0.5) is 0 Å². The number of benzene rings is 3. The van der Waals surface area contributed by atoms with Crippen LogP contribution in [0.1, 0.15) is 27.0 Å². The zero-order valence-corrected chi connectivity index (χ0v) is 20.1. The lowest BCUT2D eigenvalue weighted by Crippen LogP contribution is -2.36. The summed E-state index contributed by atoms with van der Waals surface area (Å²) >= 11 is 0. The summed E-state index contributed by atoms with van der Waals surface area (Å²) in [4.78, 5) is 24.7. The molecule has 35 heavy (non-hydrogen) atoms. The molecule has 182 valence electrons. The third-order valence-corrected chi connectivity index (χ3v) is 7.65. The first-order valence-corrected chi connectivity index (χ1v) is 12.5. The maximum atomic E-state index is 13.2. The van der Waals surface area contributed by atoms with E-state index in [2.05, 4.69) is 5.32 Å². The van der Waals surface area contributed by atoms with Gasteiger partial charge in [0.05, 0.1) is 17.6 Å². The number of hydrogen-bond donors (Lipinski definition) is 1. The highest BCUT2D eigenvalue weighted by atomic mass is 32.2. The van der Waals surface area contributed by atoms with E-state index in [4.69, 9.17) is 9.47 Å². The molecule has 0 aromatic heterocycles. The van der Waals surface area contributed by atoms with Crippen LogP contribution in [-0.4, -0.2) is 44.9 Å². The second-order valence-electron chi connectivity index (χ2n) is 8.05. The molecule has 1 aliphatic heterocycles. The Kier molecular flexibility index (Phi) is 7.48. The molecule has 1 heterocycles. The van der Waals surface area contributed by atoms with Gasteiger partial charge in [0.15, 0.2) is 6.61 Å². The molecule has 0 saturated heterocycles. The van der Waals surface area contributed by atoms with Crippen LogP contribution >= 0.6 is 0 Å². The Labute approximate surface area is 204 Å². The first-order chi connectivity index (χ1) is 16.9. The molecule has 0 fully saturated rings. The summed E-state index contributed by atoms with van der Waals surface area (Å²) in [5.41, 5.74) is 2.95. The number of methoxy groups -OCH3 is 1. The number of rotatable bonds is 8. The zero-order chi connectivity index (χ0) is 24.8. The fraction of sp³-hybridized carbons (Fsp3) is 0.231. The Morgan fingerprint density at radius 1 is 0.971 bits per heavy atom. The Morgan fingerprint density at radius 2 is 1.71 bits per heavy atom. The van der Waals surface area contributed by atoms with Gasteiger partial charge in [-0.15, -0.1) is 0 Å². The number of ether oxygens (including phenoxy) is 2. The number of nitrogens with zero attached hydrogens (tertiary/aromatic N) is 1. The SMILES string of the molecule is COc1ccccc1CNC(=O)COC(=O)c1cccc(S(=O)(=O)N2CCc3ccccc3C2)c1. The van der Waals surface area contributed by atoms with Crippen LogP contribution in [0.25, 0.3) is 0 Å². The van der Waals surface area contributed by atoms with Crippen LogP contribution in [0.2, 0.25) is 0 Å². The van der Waals surface area contributed by atoms with E-state index in [0.717, 1.165) is 16.7 Å². The van der Waals surface area contributed by atoms with Gasteiger partial charge in [-0.05, 0) is 41.8 Å². The molecule has 0 spiro atoms. The monoisotopic (exact) mass is 494 g/mol. The molecule has 0 atom stereocenters. The number of sulfonamides is 1. The molecule has 1 aliphatic rings.